The topological polar surface area (TPSA) is 76.3 Å². The number of nitrogens with zero attached hydrogens (tertiary/aromatic N) is 2. The molecule has 5 nitrogen and oxygen atoms in total. The lowest BCUT2D eigenvalue weighted by molar-refractivity contribution is -0.389. The van der Waals surface area contributed by atoms with Crippen molar-refractivity contribution >= 4 is 17.4 Å². The summed E-state index contributed by atoms with van der Waals surface area (Å²) in [4.78, 5) is 12.6. The van der Waals surface area contributed by atoms with Gasteiger partial charge in [0.15, 0.2) is 0 Å². The summed E-state index contributed by atoms with van der Waals surface area (Å²) in [6.07, 6.45) is -2.25. The van der Waals surface area contributed by atoms with E-state index in [0.717, 1.165) is 0 Å². The fourth-order valence-corrected chi connectivity index (χ4v) is 1.29. The van der Waals surface area contributed by atoms with Gasteiger partial charge in [-0.2, -0.15) is 0 Å². The third-order valence-electron chi connectivity index (χ3n) is 1.70. The van der Waals surface area contributed by atoms with Gasteiger partial charge in [0.2, 0.25) is 0 Å². The molecule has 0 atom stereocenters. The van der Waals surface area contributed by atoms with Crippen molar-refractivity contribution in [2.75, 3.05) is 0 Å². The van der Waals surface area contributed by atoms with E-state index >= 15 is 0 Å². The number of aromatic nitrogens is 1. The first-order valence-corrected chi connectivity index (χ1v) is 4.07. The predicted octanol–water partition coefficient (Wildman–Crippen LogP) is 2.07. The number of halogens is 3. The van der Waals surface area contributed by atoms with Gasteiger partial charge in [0.05, 0.1) is 12.2 Å². The van der Waals surface area contributed by atoms with Gasteiger partial charge in [-0.3, -0.25) is 0 Å². The largest absolute Gasteiger partial charge is 0.392 e. The molecule has 0 saturated carbocycles. The molecule has 15 heavy (non-hydrogen) atoms. The van der Waals surface area contributed by atoms with E-state index < -0.39 is 34.4 Å². The molecule has 0 fully saturated rings. The molecule has 0 unspecified atom stereocenters. The molecule has 82 valence electrons. The molecule has 0 spiro atoms. The Hall–Kier alpha value is -1.34. The Labute approximate surface area is 87.5 Å². The van der Waals surface area contributed by atoms with Gasteiger partial charge in [-0.05, 0) is 9.91 Å². The van der Waals surface area contributed by atoms with E-state index in [-0.39, 0.29) is 5.56 Å². The molecule has 0 aliphatic carbocycles. The molecule has 1 aromatic rings. The summed E-state index contributed by atoms with van der Waals surface area (Å²) in [6.45, 7) is -0.804. The first-order chi connectivity index (χ1) is 6.99. The molecule has 0 bridgehead atoms. The lowest BCUT2D eigenvalue weighted by Gasteiger charge is -2.06. The maximum absolute atomic E-state index is 12.3. The zero-order valence-corrected chi connectivity index (χ0v) is 7.91. The minimum absolute atomic E-state index is 0.367. The van der Waals surface area contributed by atoms with Crippen LogP contribution in [0.1, 0.15) is 17.6 Å². The van der Waals surface area contributed by atoms with Crippen molar-refractivity contribution in [1.82, 2.24) is 4.98 Å². The van der Waals surface area contributed by atoms with Crippen LogP contribution in [0, 0.1) is 10.1 Å². The Morgan fingerprint density at radius 2 is 2.27 bits per heavy atom. The summed E-state index contributed by atoms with van der Waals surface area (Å²) in [6, 6.07) is 0. The lowest BCUT2D eigenvalue weighted by Crippen LogP contribution is -2.02. The van der Waals surface area contributed by atoms with Gasteiger partial charge in [-0.15, -0.1) is 0 Å². The number of aliphatic hydroxyl groups is 1. The normalized spacial score (nSPS) is 10.7. The molecule has 0 aromatic carbocycles. The Kier molecular flexibility index (Phi) is 3.48. The van der Waals surface area contributed by atoms with Gasteiger partial charge in [-0.1, -0.05) is 11.6 Å². The monoisotopic (exact) mass is 238 g/mol. The number of rotatable bonds is 3. The first kappa shape index (κ1) is 11.7. The third kappa shape index (κ3) is 2.18. The lowest BCUT2D eigenvalue weighted by atomic mass is 10.1. The summed E-state index contributed by atoms with van der Waals surface area (Å²) < 4.78 is 24.7. The molecule has 0 aliphatic rings. The van der Waals surface area contributed by atoms with Crippen molar-refractivity contribution in [3.8, 4) is 0 Å². The highest BCUT2D eigenvalue weighted by Crippen LogP contribution is 2.32. The smallest absolute Gasteiger partial charge is 0.382 e. The average molecular weight is 239 g/mol. The zero-order valence-electron chi connectivity index (χ0n) is 7.15. The van der Waals surface area contributed by atoms with Gasteiger partial charge >= 0.3 is 5.82 Å². The van der Waals surface area contributed by atoms with Crippen LogP contribution >= 0.6 is 11.6 Å². The van der Waals surface area contributed by atoms with Gasteiger partial charge in [-0.25, -0.2) is 8.78 Å². The quantitative estimate of drug-likeness (QED) is 0.646. The van der Waals surface area contributed by atoms with Gasteiger partial charge in [0.1, 0.15) is 11.2 Å². The highest BCUT2D eigenvalue weighted by Gasteiger charge is 2.25. The fourth-order valence-electron chi connectivity index (χ4n) is 1.00. The summed E-state index contributed by atoms with van der Waals surface area (Å²) >= 11 is 5.46. The number of hydrogen-bond donors (Lipinski definition) is 1. The van der Waals surface area contributed by atoms with Crippen LogP contribution in [0.3, 0.4) is 0 Å². The first-order valence-electron chi connectivity index (χ1n) is 3.69. The van der Waals surface area contributed by atoms with E-state index in [1.165, 1.54) is 0 Å². The van der Waals surface area contributed by atoms with Crippen molar-refractivity contribution < 1.29 is 18.8 Å². The van der Waals surface area contributed by atoms with E-state index in [1.54, 1.807) is 0 Å². The Balaban J connectivity index is 3.39. The van der Waals surface area contributed by atoms with Crippen molar-refractivity contribution in [2.45, 2.75) is 13.0 Å². The van der Waals surface area contributed by atoms with Crippen LogP contribution in [-0.4, -0.2) is 15.0 Å². The molecule has 0 amide bonds. The van der Waals surface area contributed by atoms with Crippen molar-refractivity contribution in [2.24, 2.45) is 0 Å². The highest BCUT2D eigenvalue weighted by molar-refractivity contribution is 6.33. The molecule has 8 heteroatoms. The van der Waals surface area contributed by atoms with Crippen LogP contribution in [0.25, 0.3) is 0 Å². The number of pyridine rings is 1. The third-order valence-corrected chi connectivity index (χ3v) is 2.10. The second-order valence-electron chi connectivity index (χ2n) is 2.55. The van der Waals surface area contributed by atoms with Gasteiger partial charge < -0.3 is 15.2 Å². The minimum Gasteiger partial charge on any atom is -0.392 e. The second kappa shape index (κ2) is 4.45. The van der Waals surface area contributed by atoms with Gasteiger partial charge in [0, 0.05) is 5.56 Å². The molecular weight excluding hydrogens is 234 g/mol. The van der Waals surface area contributed by atoms with Crippen molar-refractivity contribution in [3.63, 3.8) is 0 Å². The highest BCUT2D eigenvalue weighted by atomic mass is 35.5. The van der Waals surface area contributed by atoms with Gasteiger partial charge in [0.25, 0.3) is 6.43 Å². The summed E-state index contributed by atoms with van der Waals surface area (Å²) in [7, 11) is 0. The molecule has 0 radical (unpaired) electrons. The number of alkyl halides is 2. The van der Waals surface area contributed by atoms with Crippen LogP contribution in [0.15, 0.2) is 6.20 Å². The molecule has 0 saturated heterocycles. The maximum atomic E-state index is 12.3. The molecule has 1 heterocycles. The van der Waals surface area contributed by atoms with Crippen LogP contribution < -0.4 is 0 Å². The molecule has 1 N–H and O–H groups in total. The number of aliphatic hydroxyl groups excluding tert-OH is 1. The van der Waals surface area contributed by atoms with E-state index in [4.69, 9.17) is 16.7 Å². The van der Waals surface area contributed by atoms with Crippen molar-refractivity contribution in [1.29, 1.82) is 0 Å². The Morgan fingerprint density at radius 1 is 1.67 bits per heavy atom. The fraction of sp³-hybridized carbons (Fsp3) is 0.286. The molecule has 0 aliphatic heterocycles. The Morgan fingerprint density at radius 3 is 2.67 bits per heavy atom. The molecule has 1 aromatic heterocycles. The van der Waals surface area contributed by atoms with Crippen LogP contribution in [-0.2, 0) is 6.61 Å². The summed E-state index contributed by atoms with van der Waals surface area (Å²) in [5.41, 5.74) is -0.971. The average Bonchev–Trinajstić information content (AvgIpc) is 2.16. The van der Waals surface area contributed by atoms with Crippen LogP contribution in [0.5, 0.6) is 0 Å². The number of hydrogen-bond acceptors (Lipinski definition) is 4. The Bertz CT molecular complexity index is 400. The van der Waals surface area contributed by atoms with E-state index in [1.807, 2.05) is 0 Å². The second-order valence-corrected chi connectivity index (χ2v) is 2.92. The van der Waals surface area contributed by atoms with Crippen molar-refractivity contribution in [3.05, 3.63) is 32.5 Å². The van der Waals surface area contributed by atoms with E-state index in [0.29, 0.717) is 6.20 Å². The van der Waals surface area contributed by atoms with E-state index in [9.17, 15) is 18.9 Å². The summed E-state index contributed by atoms with van der Waals surface area (Å²) in [5.74, 6) is -0.745. The molecular formula is C7H5ClF2N2O3. The standard InChI is InChI=1S/C7H5ClF2N2O3/c8-5-4(2-13)3(6(9)10)1-11-7(5)12(14)15/h1,6,13H,2H2. The number of nitro groups is 1. The SMILES string of the molecule is O=[N+]([O-])c1ncc(C(F)F)c(CO)c1Cl. The summed E-state index contributed by atoms with van der Waals surface area (Å²) in [5, 5.41) is 18.6. The van der Waals surface area contributed by atoms with E-state index in [2.05, 4.69) is 4.98 Å². The van der Waals surface area contributed by atoms with Crippen LogP contribution in [0.2, 0.25) is 5.02 Å². The van der Waals surface area contributed by atoms with Crippen LogP contribution in [0.4, 0.5) is 14.6 Å². The predicted molar refractivity (Wildman–Crippen MR) is 46.8 cm³/mol. The zero-order chi connectivity index (χ0) is 11.6. The minimum atomic E-state index is -2.89. The molecule has 1 rings (SSSR count). The maximum Gasteiger partial charge on any atom is 0.382 e.